The Morgan fingerprint density at radius 1 is 1.07 bits per heavy atom. The molecular formula is C23H27N3O4. The van der Waals surface area contributed by atoms with Crippen LogP contribution in [0.3, 0.4) is 0 Å². The molecule has 7 nitrogen and oxygen atoms in total. The van der Waals surface area contributed by atoms with E-state index in [9.17, 15) is 14.4 Å². The van der Waals surface area contributed by atoms with Gasteiger partial charge in [0, 0.05) is 19.5 Å². The van der Waals surface area contributed by atoms with E-state index in [1.165, 1.54) is 5.56 Å². The van der Waals surface area contributed by atoms with Gasteiger partial charge in [-0.25, -0.2) is 0 Å². The Morgan fingerprint density at radius 3 is 2.43 bits per heavy atom. The van der Waals surface area contributed by atoms with Crippen LogP contribution >= 0.6 is 0 Å². The van der Waals surface area contributed by atoms with Crippen LogP contribution in [-0.4, -0.2) is 35.3 Å². The maximum absolute atomic E-state index is 12.4. The predicted octanol–water partition coefficient (Wildman–Crippen LogP) is 2.21. The van der Waals surface area contributed by atoms with Crippen molar-refractivity contribution in [2.24, 2.45) is 5.92 Å². The number of rotatable bonds is 7. The average molecular weight is 409 g/mol. The molecule has 1 aliphatic rings. The zero-order valence-electron chi connectivity index (χ0n) is 17.3. The molecule has 3 rings (SSSR count). The van der Waals surface area contributed by atoms with Crippen LogP contribution in [0.4, 0.5) is 0 Å². The zero-order chi connectivity index (χ0) is 21.5. The summed E-state index contributed by atoms with van der Waals surface area (Å²) < 4.78 is 5.61. The van der Waals surface area contributed by atoms with Crippen LogP contribution in [-0.2, 0) is 27.3 Å². The molecule has 0 aliphatic carbocycles. The zero-order valence-corrected chi connectivity index (χ0v) is 17.3. The third kappa shape index (κ3) is 5.59. The molecule has 0 bridgehead atoms. The Kier molecular flexibility index (Phi) is 7.06. The van der Waals surface area contributed by atoms with E-state index in [4.69, 9.17) is 4.74 Å². The monoisotopic (exact) mass is 409 g/mol. The summed E-state index contributed by atoms with van der Waals surface area (Å²) in [6.07, 6.45) is 0.275. The average Bonchev–Trinajstić information content (AvgIpc) is 3.13. The molecule has 2 unspecified atom stereocenters. The molecule has 30 heavy (non-hydrogen) atoms. The van der Waals surface area contributed by atoms with Gasteiger partial charge in [0.25, 0.3) is 5.91 Å². The van der Waals surface area contributed by atoms with Crippen molar-refractivity contribution >= 4 is 17.7 Å². The van der Waals surface area contributed by atoms with Crippen molar-refractivity contribution in [3.63, 3.8) is 0 Å². The molecule has 1 heterocycles. The number of nitrogens with one attached hydrogen (secondary N) is 2. The lowest BCUT2D eigenvalue weighted by atomic mass is 10.1. The second kappa shape index (κ2) is 9.91. The molecule has 2 atom stereocenters. The van der Waals surface area contributed by atoms with E-state index in [1.807, 2.05) is 54.6 Å². The standard InChI is InChI=1S/C23H27N3O4/c1-3-17-9-11-20(12-10-17)30-16(2)22(28)24-25-23(29)19-13-21(27)26(15-19)14-18-7-5-4-6-8-18/h4-12,16,19H,3,13-15H2,1-2H3,(H,24,28)(H,25,29). The maximum Gasteiger partial charge on any atom is 0.279 e. The molecule has 7 heteroatoms. The number of aryl methyl sites for hydroxylation is 1. The number of benzene rings is 2. The van der Waals surface area contributed by atoms with Gasteiger partial charge in [-0.2, -0.15) is 0 Å². The van der Waals surface area contributed by atoms with Gasteiger partial charge in [0.15, 0.2) is 6.10 Å². The van der Waals surface area contributed by atoms with Crippen LogP contribution in [0.25, 0.3) is 0 Å². The van der Waals surface area contributed by atoms with Gasteiger partial charge in [-0.1, -0.05) is 49.4 Å². The molecular weight excluding hydrogens is 382 g/mol. The number of hydrazine groups is 1. The third-order valence-electron chi connectivity index (χ3n) is 5.12. The Hall–Kier alpha value is -3.35. The first-order chi connectivity index (χ1) is 14.5. The van der Waals surface area contributed by atoms with Gasteiger partial charge in [0.2, 0.25) is 11.8 Å². The number of nitrogens with zero attached hydrogens (tertiary/aromatic N) is 1. The largest absolute Gasteiger partial charge is 0.481 e. The summed E-state index contributed by atoms with van der Waals surface area (Å²) in [7, 11) is 0. The van der Waals surface area contributed by atoms with Gasteiger partial charge in [0.1, 0.15) is 5.75 Å². The Morgan fingerprint density at radius 2 is 1.77 bits per heavy atom. The molecule has 0 aromatic heterocycles. The lowest BCUT2D eigenvalue weighted by molar-refractivity contribution is -0.134. The topological polar surface area (TPSA) is 87.7 Å². The molecule has 0 saturated carbocycles. The molecule has 0 radical (unpaired) electrons. The summed E-state index contributed by atoms with van der Waals surface area (Å²) in [6, 6.07) is 17.1. The minimum Gasteiger partial charge on any atom is -0.481 e. The molecule has 3 amide bonds. The quantitative estimate of drug-likeness (QED) is 0.687. The number of ether oxygens (including phenoxy) is 1. The van der Waals surface area contributed by atoms with Gasteiger partial charge >= 0.3 is 0 Å². The number of likely N-dealkylation sites (tertiary alicyclic amines) is 1. The van der Waals surface area contributed by atoms with Crippen LogP contribution in [0.1, 0.15) is 31.4 Å². The van der Waals surface area contributed by atoms with Crippen molar-refractivity contribution in [2.45, 2.75) is 39.3 Å². The smallest absolute Gasteiger partial charge is 0.279 e. The Balaban J connectivity index is 1.45. The molecule has 158 valence electrons. The van der Waals surface area contributed by atoms with Crippen molar-refractivity contribution in [3.05, 3.63) is 65.7 Å². The summed E-state index contributed by atoms with van der Waals surface area (Å²) in [6.45, 7) is 4.46. The van der Waals surface area contributed by atoms with Crippen molar-refractivity contribution in [1.82, 2.24) is 15.8 Å². The van der Waals surface area contributed by atoms with E-state index < -0.39 is 17.9 Å². The predicted molar refractivity (Wildman–Crippen MR) is 112 cm³/mol. The first-order valence-electron chi connectivity index (χ1n) is 10.1. The normalized spacial score (nSPS) is 16.8. The fraction of sp³-hybridized carbons (Fsp3) is 0.348. The van der Waals surface area contributed by atoms with E-state index in [0.29, 0.717) is 18.8 Å². The van der Waals surface area contributed by atoms with E-state index in [2.05, 4.69) is 17.8 Å². The molecule has 1 fully saturated rings. The summed E-state index contributed by atoms with van der Waals surface area (Å²) in [5, 5.41) is 0. The molecule has 2 N–H and O–H groups in total. The van der Waals surface area contributed by atoms with Crippen LogP contribution < -0.4 is 15.6 Å². The minimum atomic E-state index is -0.780. The molecule has 0 spiro atoms. The molecule has 2 aromatic carbocycles. The first kappa shape index (κ1) is 21.4. The number of carbonyl (C=O) groups is 3. The van der Waals surface area contributed by atoms with Crippen LogP contribution in [0.5, 0.6) is 5.75 Å². The molecule has 1 saturated heterocycles. The van der Waals surface area contributed by atoms with Crippen LogP contribution in [0.2, 0.25) is 0 Å². The summed E-state index contributed by atoms with van der Waals surface area (Å²) in [5.74, 6) is -0.837. The van der Waals surface area contributed by atoms with E-state index in [1.54, 1.807) is 11.8 Å². The highest BCUT2D eigenvalue weighted by atomic mass is 16.5. The van der Waals surface area contributed by atoms with Gasteiger partial charge < -0.3 is 9.64 Å². The fourth-order valence-corrected chi connectivity index (χ4v) is 3.29. The Labute approximate surface area is 176 Å². The van der Waals surface area contributed by atoms with Crippen molar-refractivity contribution < 1.29 is 19.1 Å². The first-order valence-corrected chi connectivity index (χ1v) is 10.1. The van der Waals surface area contributed by atoms with E-state index in [0.717, 1.165) is 12.0 Å². The number of hydrogen-bond donors (Lipinski definition) is 2. The lowest BCUT2D eigenvalue weighted by Gasteiger charge is -2.18. The van der Waals surface area contributed by atoms with Crippen molar-refractivity contribution in [1.29, 1.82) is 0 Å². The summed E-state index contributed by atoms with van der Waals surface area (Å²) in [5.41, 5.74) is 7.00. The third-order valence-corrected chi connectivity index (χ3v) is 5.12. The Bertz CT molecular complexity index is 883. The number of carbonyl (C=O) groups excluding carboxylic acids is 3. The molecule has 2 aromatic rings. The van der Waals surface area contributed by atoms with Crippen LogP contribution in [0, 0.1) is 5.92 Å². The maximum atomic E-state index is 12.4. The lowest BCUT2D eigenvalue weighted by Crippen LogP contribution is -2.49. The van der Waals surface area contributed by atoms with Gasteiger partial charge in [-0.3, -0.25) is 25.2 Å². The van der Waals surface area contributed by atoms with Crippen molar-refractivity contribution in [2.75, 3.05) is 6.54 Å². The van der Waals surface area contributed by atoms with Gasteiger partial charge in [0.05, 0.1) is 5.92 Å². The van der Waals surface area contributed by atoms with Gasteiger partial charge in [-0.05, 0) is 36.6 Å². The highest BCUT2D eigenvalue weighted by Crippen LogP contribution is 2.20. The summed E-state index contributed by atoms with van der Waals surface area (Å²) >= 11 is 0. The molecule has 1 aliphatic heterocycles. The van der Waals surface area contributed by atoms with E-state index in [-0.39, 0.29) is 18.2 Å². The minimum absolute atomic E-state index is 0.0717. The highest BCUT2D eigenvalue weighted by molar-refractivity contribution is 5.90. The SMILES string of the molecule is CCc1ccc(OC(C)C(=O)NNC(=O)C2CC(=O)N(Cc3ccccc3)C2)cc1. The van der Waals surface area contributed by atoms with Crippen LogP contribution in [0.15, 0.2) is 54.6 Å². The van der Waals surface area contributed by atoms with E-state index >= 15 is 0 Å². The van der Waals surface area contributed by atoms with Crippen molar-refractivity contribution in [3.8, 4) is 5.75 Å². The number of amides is 3. The highest BCUT2D eigenvalue weighted by Gasteiger charge is 2.34. The summed E-state index contributed by atoms with van der Waals surface area (Å²) in [4.78, 5) is 38.5. The number of hydrogen-bond acceptors (Lipinski definition) is 4. The second-order valence-electron chi connectivity index (χ2n) is 7.40. The fourth-order valence-electron chi connectivity index (χ4n) is 3.29. The van der Waals surface area contributed by atoms with Gasteiger partial charge in [-0.15, -0.1) is 0 Å². The second-order valence-corrected chi connectivity index (χ2v) is 7.40.